The monoisotopic (exact) mass is 289 g/mol. The highest BCUT2D eigenvalue weighted by Crippen LogP contribution is 2.17. The number of halogens is 2. The summed E-state index contributed by atoms with van der Waals surface area (Å²) in [5.74, 6) is -0.219. The molecule has 2 N–H and O–H groups in total. The highest BCUT2D eigenvalue weighted by atomic mass is 79.9. The van der Waals surface area contributed by atoms with Gasteiger partial charge in [-0.2, -0.15) is 0 Å². The molecule has 1 unspecified atom stereocenters. The van der Waals surface area contributed by atoms with Gasteiger partial charge < -0.3 is 10.4 Å². The van der Waals surface area contributed by atoms with Crippen LogP contribution in [0.5, 0.6) is 0 Å². The van der Waals surface area contributed by atoms with Crippen LogP contribution in [0.15, 0.2) is 22.7 Å². The Balaban J connectivity index is 2.44. The van der Waals surface area contributed by atoms with Gasteiger partial charge in [-0.15, -0.1) is 0 Å². The van der Waals surface area contributed by atoms with Gasteiger partial charge in [0.15, 0.2) is 0 Å². The van der Waals surface area contributed by atoms with Gasteiger partial charge in [0.25, 0.3) is 0 Å². The predicted molar refractivity (Wildman–Crippen MR) is 66.7 cm³/mol. The third-order valence-corrected chi connectivity index (χ3v) is 3.22. The average molecular weight is 290 g/mol. The Hall–Kier alpha value is -0.450. The number of hydrogen-bond donors (Lipinski definition) is 2. The van der Waals surface area contributed by atoms with Gasteiger partial charge in [0, 0.05) is 23.7 Å². The molecule has 0 saturated carbocycles. The van der Waals surface area contributed by atoms with Crippen LogP contribution in [-0.2, 0) is 6.54 Å². The zero-order valence-corrected chi connectivity index (χ0v) is 10.9. The minimum Gasteiger partial charge on any atom is -0.396 e. The fourth-order valence-corrected chi connectivity index (χ4v) is 1.85. The molecule has 4 heteroatoms. The number of rotatable bonds is 6. The Morgan fingerprint density at radius 2 is 2.25 bits per heavy atom. The zero-order chi connectivity index (χ0) is 12.0. The first-order chi connectivity index (χ1) is 7.63. The van der Waals surface area contributed by atoms with Crippen molar-refractivity contribution in [2.24, 2.45) is 0 Å². The fraction of sp³-hybridized carbons (Fsp3) is 0.500. The SMILES string of the molecule is CC(CCCO)NCc1cc(F)ccc1Br. The topological polar surface area (TPSA) is 32.3 Å². The molecule has 0 spiro atoms. The maximum absolute atomic E-state index is 13.0. The quantitative estimate of drug-likeness (QED) is 0.844. The summed E-state index contributed by atoms with van der Waals surface area (Å²) in [6.45, 7) is 2.91. The molecule has 0 aliphatic rings. The lowest BCUT2D eigenvalue weighted by Crippen LogP contribution is -2.25. The van der Waals surface area contributed by atoms with E-state index in [0.717, 1.165) is 22.9 Å². The van der Waals surface area contributed by atoms with Crippen LogP contribution in [-0.4, -0.2) is 17.8 Å². The summed E-state index contributed by atoms with van der Waals surface area (Å²) in [6.07, 6.45) is 1.71. The standard InChI is InChI=1S/C12H17BrFNO/c1-9(3-2-6-16)15-8-10-7-11(14)4-5-12(10)13/h4-5,7,9,15-16H,2-3,6,8H2,1H3. The van der Waals surface area contributed by atoms with Gasteiger partial charge in [0.2, 0.25) is 0 Å². The van der Waals surface area contributed by atoms with Gasteiger partial charge in [-0.25, -0.2) is 4.39 Å². The minimum atomic E-state index is -0.219. The molecule has 90 valence electrons. The van der Waals surface area contributed by atoms with E-state index >= 15 is 0 Å². The second-order valence-electron chi connectivity index (χ2n) is 3.88. The lowest BCUT2D eigenvalue weighted by atomic mass is 10.1. The van der Waals surface area contributed by atoms with E-state index in [1.807, 2.05) is 0 Å². The maximum Gasteiger partial charge on any atom is 0.123 e. The molecule has 0 aliphatic heterocycles. The molecule has 1 aromatic rings. The van der Waals surface area contributed by atoms with Crippen molar-refractivity contribution in [3.05, 3.63) is 34.1 Å². The second-order valence-corrected chi connectivity index (χ2v) is 4.74. The normalized spacial score (nSPS) is 12.8. The van der Waals surface area contributed by atoms with Crippen molar-refractivity contribution in [2.75, 3.05) is 6.61 Å². The summed E-state index contributed by atoms with van der Waals surface area (Å²) >= 11 is 3.39. The first kappa shape index (κ1) is 13.6. The Kier molecular flexibility index (Phi) is 5.95. The van der Waals surface area contributed by atoms with Crippen LogP contribution in [0.1, 0.15) is 25.3 Å². The zero-order valence-electron chi connectivity index (χ0n) is 9.34. The molecule has 2 nitrogen and oxygen atoms in total. The third kappa shape index (κ3) is 4.60. The van der Waals surface area contributed by atoms with Gasteiger partial charge in [-0.1, -0.05) is 15.9 Å². The third-order valence-electron chi connectivity index (χ3n) is 2.44. The highest BCUT2D eigenvalue weighted by Gasteiger charge is 2.04. The van der Waals surface area contributed by atoms with E-state index in [-0.39, 0.29) is 12.4 Å². The molecule has 0 aromatic heterocycles. The molecule has 0 fully saturated rings. The lowest BCUT2D eigenvalue weighted by Gasteiger charge is -2.13. The first-order valence-electron chi connectivity index (χ1n) is 5.41. The van der Waals surface area contributed by atoms with Gasteiger partial charge in [0.1, 0.15) is 5.82 Å². The minimum absolute atomic E-state index is 0.218. The van der Waals surface area contributed by atoms with E-state index in [1.54, 1.807) is 6.07 Å². The molecular weight excluding hydrogens is 273 g/mol. The van der Waals surface area contributed by atoms with Crippen LogP contribution in [0.3, 0.4) is 0 Å². The number of aliphatic hydroxyl groups excluding tert-OH is 1. The predicted octanol–water partition coefficient (Wildman–Crippen LogP) is 2.84. The van der Waals surface area contributed by atoms with Crippen molar-refractivity contribution in [2.45, 2.75) is 32.4 Å². The van der Waals surface area contributed by atoms with Crippen molar-refractivity contribution < 1.29 is 9.50 Å². The molecule has 0 saturated heterocycles. The molecule has 0 heterocycles. The van der Waals surface area contributed by atoms with Crippen LogP contribution in [0.25, 0.3) is 0 Å². The van der Waals surface area contributed by atoms with Gasteiger partial charge >= 0.3 is 0 Å². The molecular formula is C12H17BrFNO. The molecule has 0 aliphatic carbocycles. The maximum atomic E-state index is 13.0. The Morgan fingerprint density at radius 1 is 1.50 bits per heavy atom. The van der Waals surface area contributed by atoms with E-state index in [9.17, 15) is 4.39 Å². The largest absolute Gasteiger partial charge is 0.396 e. The van der Waals surface area contributed by atoms with Crippen LogP contribution in [0.4, 0.5) is 4.39 Å². The molecule has 16 heavy (non-hydrogen) atoms. The number of nitrogens with one attached hydrogen (secondary N) is 1. The van der Waals surface area contributed by atoms with Crippen LogP contribution < -0.4 is 5.32 Å². The summed E-state index contributed by atoms with van der Waals surface area (Å²) in [7, 11) is 0. The summed E-state index contributed by atoms with van der Waals surface area (Å²) in [5, 5.41) is 12.0. The summed E-state index contributed by atoms with van der Waals surface area (Å²) in [6, 6.07) is 4.99. The van der Waals surface area contributed by atoms with Gasteiger partial charge in [-0.05, 0) is 43.5 Å². The van der Waals surface area contributed by atoms with Crippen molar-refractivity contribution in [3.63, 3.8) is 0 Å². The summed E-state index contributed by atoms with van der Waals surface area (Å²) in [5.41, 5.74) is 0.913. The van der Waals surface area contributed by atoms with E-state index in [4.69, 9.17) is 5.11 Å². The smallest absolute Gasteiger partial charge is 0.123 e. The molecule has 0 radical (unpaired) electrons. The van der Waals surface area contributed by atoms with Crippen molar-refractivity contribution >= 4 is 15.9 Å². The average Bonchev–Trinajstić information content (AvgIpc) is 2.27. The fourth-order valence-electron chi connectivity index (χ4n) is 1.46. The molecule has 0 amide bonds. The summed E-state index contributed by atoms with van der Waals surface area (Å²) in [4.78, 5) is 0. The van der Waals surface area contributed by atoms with Gasteiger partial charge in [-0.3, -0.25) is 0 Å². The second kappa shape index (κ2) is 6.99. The van der Waals surface area contributed by atoms with E-state index in [1.165, 1.54) is 12.1 Å². The molecule has 1 rings (SSSR count). The highest BCUT2D eigenvalue weighted by molar-refractivity contribution is 9.10. The van der Waals surface area contributed by atoms with Crippen LogP contribution >= 0.6 is 15.9 Å². The van der Waals surface area contributed by atoms with Crippen molar-refractivity contribution in [1.82, 2.24) is 5.32 Å². The Morgan fingerprint density at radius 3 is 2.94 bits per heavy atom. The molecule has 0 bridgehead atoms. The van der Waals surface area contributed by atoms with E-state index in [2.05, 4.69) is 28.2 Å². The van der Waals surface area contributed by atoms with Crippen LogP contribution in [0.2, 0.25) is 0 Å². The Bertz CT molecular complexity index is 333. The van der Waals surface area contributed by atoms with E-state index < -0.39 is 0 Å². The molecule has 1 atom stereocenters. The van der Waals surface area contributed by atoms with Gasteiger partial charge in [0.05, 0.1) is 0 Å². The lowest BCUT2D eigenvalue weighted by molar-refractivity contribution is 0.276. The van der Waals surface area contributed by atoms with E-state index in [0.29, 0.717) is 12.6 Å². The Labute approximate surface area is 104 Å². The number of benzene rings is 1. The number of aliphatic hydroxyl groups is 1. The van der Waals surface area contributed by atoms with Crippen molar-refractivity contribution in [1.29, 1.82) is 0 Å². The first-order valence-corrected chi connectivity index (χ1v) is 6.21. The number of hydrogen-bond acceptors (Lipinski definition) is 2. The molecule has 1 aromatic carbocycles. The van der Waals surface area contributed by atoms with Crippen molar-refractivity contribution in [3.8, 4) is 0 Å². The van der Waals surface area contributed by atoms with Crippen LogP contribution in [0, 0.1) is 5.82 Å². The summed E-state index contributed by atoms with van der Waals surface area (Å²) < 4.78 is 13.9.